The highest BCUT2D eigenvalue weighted by Gasteiger charge is 2.35. The molecule has 0 bridgehead atoms. The fourth-order valence-corrected chi connectivity index (χ4v) is 1.15. The second-order valence-electron chi connectivity index (χ2n) is 3.59. The molecule has 0 aromatic carbocycles. The van der Waals surface area contributed by atoms with Gasteiger partial charge in [-0.1, -0.05) is 26.5 Å². The average molecular weight is 229 g/mol. The van der Waals surface area contributed by atoms with E-state index in [4.69, 9.17) is 5.26 Å². The van der Waals surface area contributed by atoms with Gasteiger partial charge in [-0.15, -0.1) is 0 Å². The van der Waals surface area contributed by atoms with Crippen LogP contribution in [0.2, 0.25) is 0 Å². The monoisotopic (exact) mass is 229 g/mol. The van der Waals surface area contributed by atoms with E-state index in [9.17, 15) is 13.2 Å². The lowest BCUT2D eigenvalue weighted by Crippen LogP contribution is -2.14. The Hall–Kier alpha value is -1.50. The van der Waals surface area contributed by atoms with Crippen LogP contribution in [0.1, 0.15) is 20.8 Å². The molecule has 0 N–H and O–H groups in total. The molecule has 0 aromatic heterocycles. The number of halogens is 3. The molecule has 0 rings (SSSR count). The van der Waals surface area contributed by atoms with Crippen molar-refractivity contribution in [2.75, 3.05) is 0 Å². The summed E-state index contributed by atoms with van der Waals surface area (Å²) in [6.07, 6.45) is -1.97. The van der Waals surface area contributed by atoms with Crippen LogP contribution in [-0.4, -0.2) is 6.18 Å². The second-order valence-corrected chi connectivity index (χ2v) is 3.59. The largest absolute Gasteiger partial charge is 0.417 e. The minimum atomic E-state index is -4.55. The Morgan fingerprint density at radius 3 is 2.12 bits per heavy atom. The second kappa shape index (κ2) is 5.55. The van der Waals surface area contributed by atoms with E-state index in [2.05, 4.69) is 6.58 Å². The number of hydrogen-bond donors (Lipinski definition) is 0. The van der Waals surface area contributed by atoms with Gasteiger partial charge in [-0.25, -0.2) is 0 Å². The van der Waals surface area contributed by atoms with E-state index < -0.39 is 17.3 Å². The first-order chi connectivity index (χ1) is 7.23. The zero-order valence-corrected chi connectivity index (χ0v) is 9.52. The van der Waals surface area contributed by atoms with Crippen LogP contribution in [0, 0.1) is 17.2 Å². The molecule has 0 fully saturated rings. The molecule has 0 aliphatic heterocycles. The molecule has 0 radical (unpaired) electrons. The molecule has 0 atom stereocenters. The summed E-state index contributed by atoms with van der Waals surface area (Å²) in [6, 6.07) is 1.43. The molecule has 0 unspecified atom stereocenters. The van der Waals surface area contributed by atoms with Crippen LogP contribution >= 0.6 is 0 Å². The molecule has 0 amide bonds. The standard InChI is InChI=1S/C12H14F3N/c1-5-10(8(2)3)6-11(9(4)7-16)12(13,14)15/h5-6,8H,4H2,1-3H3/b10-5+,11-6+. The van der Waals surface area contributed by atoms with Crippen molar-refractivity contribution in [3.8, 4) is 6.07 Å². The molecule has 0 aromatic rings. The van der Waals surface area contributed by atoms with Gasteiger partial charge >= 0.3 is 6.18 Å². The highest BCUT2D eigenvalue weighted by Crippen LogP contribution is 2.32. The van der Waals surface area contributed by atoms with Crippen LogP contribution in [0.5, 0.6) is 0 Å². The normalized spacial score (nSPS) is 13.9. The molecule has 0 heterocycles. The lowest BCUT2D eigenvalue weighted by Gasteiger charge is -2.13. The van der Waals surface area contributed by atoms with Gasteiger partial charge in [0.25, 0.3) is 0 Å². The van der Waals surface area contributed by atoms with Crippen molar-refractivity contribution < 1.29 is 13.2 Å². The van der Waals surface area contributed by atoms with Gasteiger partial charge in [-0.2, -0.15) is 18.4 Å². The molecule has 4 heteroatoms. The Balaban J connectivity index is 5.47. The summed E-state index contributed by atoms with van der Waals surface area (Å²) >= 11 is 0. The first-order valence-corrected chi connectivity index (χ1v) is 4.78. The van der Waals surface area contributed by atoms with Crippen LogP contribution in [0.15, 0.2) is 35.5 Å². The number of nitriles is 1. The van der Waals surface area contributed by atoms with Gasteiger partial charge in [-0.3, -0.25) is 0 Å². The van der Waals surface area contributed by atoms with Crippen molar-refractivity contribution in [2.45, 2.75) is 26.9 Å². The Kier molecular flexibility index (Phi) is 5.03. The summed E-state index contributed by atoms with van der Waals surface area (Å²) in [4.78, 5) is 0. The van der Waals surface area contributed by atoms with E-state index in [-0.39, 0.29) is 5.92 Å². The van der Waals surface area contributed by atoms with Crippen LogP contribution in [0.25, 0.3) is 0 Å². The summed E-state index contributed by atoms with van der Waals surface area (Å²) in [5, 5.41) is 8.48. The number of rotatable bonds is 3. The minimum absolute atomic E-state index is 0.0335. The first-order valence-electron chi connectivity index (χ1n) is 4.78. The maximum Gasteiger partial charge on any atom is 0.417 e. The molecular weight excluding hydrogens is 215 g/mol. The van der Waals surface area contributed by atoms with Gasteiger partial charge in [0.15, 0.2) is 0 Å². The third-order valence-corrected chi connectivity index (χ3v) is 2.08. The molecule has 1 nitrogen and oxygen atoms in total. The summed E-state index contributed by atoms with van der Waals surface area (Å²) in [7, 11) is 0. The lowest BCUT2D eigenvalue weighted by atomic mass is 9.97. The Morgan fingerprint density at radius 1 is 1.38 bits per heavy atom. The summed E-state index contributed by atoms with van der Waals surface area (Å²) in [5.74, 6) is -0.0335. The van der Waals surface area contributed by atoms with Crippen LogP contribution < -0.4 is 0 Å². The zero-order chi connectivity index (χ0) is 12.9. The highest BCUT2D eigenvalue weighted by atomic mass is 19.4. The highest BCUT2D eigenvalue weighted by molar-refractivity contribution is 5.46. The number of hydrogen-bond acceptors (Lipinski definition) is 1. The maximum atomic E-state index is 12.6. The Morgan fingerprint density at radius 2 is 1.88 bits per heavy atom. The van der Waals surface area contributed by atoms with Crippen LogP contribution in [0.4, 0.5) is 13.2 Å². The molecule has 16 heavy (non-hydrogen) atoms. The third kappa shape index (κ3) is 3.93. The maximum absolute atomic E-state index is 12.6. The van der Waals surface area contributed by atoms with E-state index >= 15 is 0 Å². The van der Waals surface area contributed by atoms with Crippen molar-refractivity contribution in [3.63, 3.8) is 0 Å². The molecule has 0 saturated heterocycles. The van der Waals surface area contributed by atoms with Crippen molar-refractivity contribution in [1.82, 2.24) is 0 Å². The van der Waals surface area contributed by atoms with Crippen LogP contribution in [0.3, 0.4) is 0 Å². The van der Waals surface area contributed by atoms with E-state index in [0.29, 0.717) is 5.57 Å². The van der Waals surface area contributed by atoms with Crippen molar-refractivity contribution in [2.24, 2.45) is 5.92 Å². The van der Waals surface area contributed by atoms with Gasteiger partial charge in [0.2, 0.25) is 0 Å². The Labute approximate surface area is 93.6 Å². The summed E-state index contributed by atoms with van der Waals surface area (Å²) in [6.45, 7) is 8.35. The average Bonchev–Trinajstić information content (AvgIpc) is 2.15. The predicted molar refractivity (Wildman–Crippen MR) is 57.5 cm³/mol. The predicted octanol–water partition coefficient (Wildman–Crippen LogP) is 4.16. The summed E-state index contributed by atoms with van der Waals surface area (Å²) < 4.78 is 37.8. The molecule has 0 aliphatic carbocycles. The third-order valence-electron chi connectivity index (χ3n) is 2.08. The Bertz CT molecular complexity index is 365. The number of alkyl halides is 3. The van der Waals surface area contributed by atoms with Gasteiger partial charge in [0.05, 0.1) is 17.2 Å². The number of allylic oxidation sites excluding steroid dienone is 5. The van der Waals surface area contributed by atoms with E-state index in [1.54, 1.807) is 26.8 Å². The van der Waals surface area contributed by atoms with E-state index in [0.717, 1.165) is 6.08 Å². The zero-order valence-electron chi connectivity index (χ0n) is 9.52. The quantitative estimate of drug-likeness (QED) is 0.526. The van der Waals surface area contributed by atoms with E-state index in [1.165, 1.54) is 6.07 Å². The van der Waals surface area contributed by atoms with Gasteiger partial charge in [0, 0.05) is 0 Å². The van der Waals surface area contributed by atoms with Gasteiger partial charge in [0.1, 0.15) is 0 Å². The van der Waals surface area contributed by atoms with E-state index in [1.807, 2.05) is 0 Å². The fourth-order valence-electron chi connectivity index (χ4n) is 1.15. The summed E-state index contributed by atoms with van der Waals surface area (Å²) in [5.41, 5.74) is -1.01. The molecule has 0 spiro atoms. The van der Waals surface area contributed by atoms with Crippen LogP contribution in [-0.2, 0) is 0 Å². The topological polar surface area (TPSA) is 23.8 Å². The lowest BCUT2D eigenvalue weighted by molar-refractivity contribution is -0.0889. The van der Waals surface area contributed by atoms with Crippen molar-refractivity contribution >= 4 is 0 Å². The molecular formula is C12H14F3N. The minimum Gasteiger partial charge on any atom is -0.192 e. The molecule has 0 aliphatic rings. The van der Waals surface area contributed by atoms with Crippen molar-refractivity contribution in [1.29, 1.82) is 5.26 Å². The number of nitrogens with zero attached hydrogens (tertiary/aromatic N) is 1. The smallest absolute Gasteiger partial charge is 0.192 e. The molecule has 88 valence electrons. The first kappa shape index (κ1) is 14.5. The van der Waals surface area contributed by atoms with Gasteiger partial charge < -0.3 is 0 Å². The van der Waals surface area contributed by atoms with Crippen molar-refractivity contribution in [3.05, 3.63) is 35.5 Å². The SMILES string of the molecule is C=C(C#N)/C(=C\C(=C/C)C(C)C)C(F)(F)F. The fraction of sp³-hybridized carbons (Fsp3) is 0.417. The molecule has 0 saturated carbocycles. The van der Waals surface area contributed by atoms with Gasteiger partial charge in [-0.05, 0) is 24.5 Å².